The number of hydrogen-bond donors (Lipinski definition) is 0. The molecule has 0 aromatic heterocycles. The van der Waals surface area contributed by atoms with Crippen LogP contribution >= 0.6 is 0 Å². The summed E-state index contributed by atoms with van der Waals surface area (Å²) in [5.41, 5.74) is 1.27. The van der Waals surface area contributed by atoms with E-state index in [9.17, 15) is 4.79 Å². The molecule has 1 saturated carbocycles. The van der Waals surface area contributed by atoms with E-state index in [2.05, 4.69) is 17.0 Å². The summed E-state index contributed by atoms with van der Waals surface area (Å²) in [4.78, 5) is 14.1. The molecule has 1 aliphatic rings. The predicted molar refractivity (Wildman–Crippen MR) is 69.7 cm³/mol. The van der Waals surface area contributed by atoms with Gasteiger partial charge >= 0.3 is 0 Å². The predicted octanol–water partition coefficient (Wildman–Crippen LogP) is 2.88. The van der Waals surface area contributed by atoms with Gasteiger partial charge in [-0.05, 0) is 25.5 Å². The van der Waals surface area contributed by atoms with Crippen molar-refractivity contribution in [2.45, 2.75) is 32.2 Å². The molecule has 92 valence electrons. The summed E-state index contributed by atoms with van der Waals surface area (Å²) in [6.07, 6.45) is 4.69. The lowest BCUT2D eigenvalue weighted by Crippen LogP contribution is -2.29. The molecule has 17 heavy (non-hydrogen) atoms. The van der Waals surface area contributed by atoms with Gasteiger partial charge in [0.2, 0.25) is 0 Å². The fourth-order valence-corrected chi connectivity index (χ4v) is 2.59. The molecule has 0 aliphatic heterocycles. The zero-order valence-corrected chi connectivity index (χ0v) is 10.6. The SMILES string of the molecule is CN(CC(=O)C1CCCC1)Cc1ccccc1. The summed E-state index contributed by atoms with van der Waals surface area (Å²) < 4.78 is 0. The number of carbonyl (C=O) groups excluding carboxylic acids is 1. The van der Waals surface area contributed by atoms with Gasteiger partial charge in [0.25, 0.3) is 0 Å². The number of hydrogen-bond acceptors (Lipinski definition) is 2. The maximum absolute atomic E-state index is 12.0. The third-order valence-corrected chi connectivity index (χ3v) is 3.53. The summed E-state index contributed by atoms with van der Waals surface area (Å²) in [5.74, 6) is 0.772. The molecule has 0 N–H and O–H groups in total. The molecule has 1 aromatic carbocycles. The molecule has 1 fully saturated rings. The van der Waals surface area contributed by atoms with Crippen molar-refractivity contribution in [3.63, 3.8) is 0 Å². The van der Waals surface area contributed by atoms with Crippen LogP contribution in [0.2, 0.25) is 0 Å². The summed E-state index contributed by atoms with van der Waals surface area (Å²) >= 11 is 0. The maximum Gasteiger partial charge on any atom is 0.149 e. The first kappa shape index (κ1) is 12.3. The highest BCUT2D eigenvalue weighted by molar-refractivity contribution is 5.83. The van der Waals surface area contributed by atoms with Crippen LogP contribution in [0.1, 0.15) is 31.2 Å². The van der Waals surface area contributed by atoms with E-state index in [4.69, 9.17) is 0 Å². The second kappa shape index (κ2) is 5.97. The standard InChI is InChI=1S/C15H21NO/c1-16(11-13-7-3-2-4-8-13)12-15(17)14-9-5-6-10-14/h2-4,7-8,14H,5-6,9-12H2,1H3. The molecule has 2 nitrogen and oxygen atoms in total. The van der Waals surface area contributed by atoms with E-state index in [0.717, 1.165) is 19.4 Å². The van der Waals surface area contributed by atoms with E-state index in [1.165, 1.54) is 18.4 Å². The minimum atomic E-state index is 0.341. The monoisotopic (exact) mass is 231 g/mol. The van der Waals surface area contributed by atoms with E-state index in [0.29, 0.717) is 18.2 Å². The number of Topliss-reactive ketones (excluding diaryl/α,β-unsaturated/α-hetero) is 1. The molecule has 0 unspecified atom stereocenters. The quantitative estimate of drug-likeness (QED) is 0.776. The Morgan fingerprint density at radius 3 is 2.53 bits per heavy atom. The van der Waals surface area contributed by atoms with E-state index in [1.807, 2.05) is 25.2 Å². The largest absolute Gasteiger partial charge is 0.298 e. The summed E-state index contributed by atoms with van der Waals surface area (Å²) in [5, 5.41) is 0. The highest BCUT2D eigenvalue weighted by Crippen LogP contribution is 2.25. The van der Waals surface area contributed by atoms with E-state index < -0.39 is 0 Å². The van der Waals surface area contributed by atoms with Crippen molar-refractivity contribution in [3.8, 4) is 0 Å². The summed E-state index contributed by atoms with van der Waals surface area (Å²) in [6, 6.07) is 10.3. The van der Waals surface area contributed by atoms with Crippen LogP contribution in [0.15, 0.2) is 30.3 Å². The highest BCUT2D eigenvalue weighted by atomic mass is 16.1. The van der Waals surface area contributed by atoms with Crippen LogP contribution < -0.4 is 0 Å². The Labute approximate surface area is 104 Å². The molecule has 0 saturated heterocycles. The first-order chi connectivity index (χ1) is 8.25. The van der Waals surface area contributed by atoms with Gasteiger partial charge in [-0.3, -0.25) is 9.69 Å². The normalized spacial score (nSPS) is 16.6. The average molecular weight is 231 g/mol. The van der Waals surface area contributed by atoms with E-state index >= 15 is 0 Å². The van der Waals surface area contributed by atoms with Gasteiger partial charge in [0.05, 0.1) is 6.54 Å². The molecular weight excluding hydrogens is 210 g/mol. The Bertz CT molecular complexity index is 354. The second-order valence-electron chi connectivity index (χ2n) is 5.11. The lowest BCUT2D eigenvalue weighted by Gasteiger charge is -2.18. The van der Waals surface area contributed by atoms with Crippen molar-refractivity contribution in [2.24, 2.45) is 5.92 Å². The minimum absolute atomic E-state index is 0.341. The molecule has 2 heteroatoms. The molecule has 0 spiro atoms. The Morgan fingerprint density at radius 1 is 1.24 bits per heavy atom. The smallest absolute Gasteiger partial charge is 0.149 e. The molecule has 0 radical (unpaired) electrons. The van der Waals surface area contributed by atoms with Crippen molar-refractivity contribution < 1.29 is 4.79 Å². The van der Waals surface area contributed by atoms with Crippen molar-refractivity contribution in [2.75, 3.05) is 13.6 Å². The van der Waals surface area contributed by atoms with Crippen LogP contribution in [0, 0.1) is 5.92 Å². The van der Waals surface area contributed by atoms with Crippen LogP contribution in [0.3, 0.4) is 0 Å². The van der Waals surface area contributed by atoms with Crippen LogP contribution in [-0.2, 0) is 11.3 Å². The van der Waals surface area contributed by atoms with Crippen molar-refractivity contribution in [1.82, 2.24) is 4.90 Å². The maximum atomic E-state index is 12.0. The Hall–Kier alpha value is -1.15. The average Bonchev–Trinajstić information content (AvgIpc) is 2.83. The molecule has 0 bridgehead atoms. The Kier molecular flexibility index (Phi) is 4.32. The molecule has 2 rings (SSSR count). The number of benzene rings is 1. The first-order valence-electron chi connectivity index (χ1n) is 6.51. The Balaban J connectivity index is 1.80. The number of ketones is 1. The third kappa shape index (κ3) is 3.67. The van der Waals surface area contributed by atoms with Crippen molar-refractivity contribution >= 4 is 5.78 Å². The molecule has 0 heterocycles. The summed E-state index contributed by atoms with van der Waals surface area (Å²) in [7, 11) is 2.03. The van der Waals surface area contributed by atoms with Gasteiger partial charge in [0, 0.05) is 12.5 Å². The van der Waals surface area contributed by atoms with Crippen molar-refractivity contribution in [1.29, 1.82) is 0 Å². The van der Waals surface area contributed by atoms with Crippen LogP contribution in [0.4, 0.5) is 0 Å². The van der Waals surface area contributed by atoms with Gasteiger partial charge in [0.1, 0.15) is 5.78 Å². The topological polar surface area (TPSA) is 20.3 Å². The van der Waals surface area contributed by atoms with Gasteiger partial charge in [-0.1, -0.05) is 43.2 Å². The minimum Gasteiger partial charge on any atom is -0.298 e. The lowest BCUT2D eigenvalue weighted by atomic mass is 10.0. The van der Waals surface area contributed by atoms with Crippen molar-refractivity contribution in [3.05, 3.63) is 35.9 Å². The molecule has 0 amide bonds. The van der Waals surface area contributed by atoms with Gasteiger partial charge in [-0.25, -0.2) is 0 Å². The van der Waals surface area contributed by atoms with Gasteiger partial charge in [0.15, 0.2) is 0 Å². The fourth-order valence-electron chi connectivity index (χ4n) is 2.59. The summed E-state index contributed by atoms with van der Waals surface area (Å²) in [6.45, 7) is 1.46. The second-order valence-corrected chi connectivity index (χ2v) is 5.11. The van der Waals surface area contributed by atoms with E-state index in [-0.39, 0.29) is 0 Å². The zero-order valence-electron chi connectivity index (χ0n) is 10.6. The lowest BCUT2D eigenvalue weighted by molar-refractivity contribution is -0.123. The van der Waals surface area contributed by atoms with Gasteiger partial charge in [-0.15, -0.1) is 0 Å². The molecule has 1 aliphatic carbocycles. The van der Waals surface area contributed by atoms with Gasteiger partial charge in [-0.2, -0.15) is 0 Å². The highest BCUT2D eigenvalue weighted by Gasteiger charge is 2.23. The zero-order chi connectivity index (χ0) is 12.1. The third-order valence-electron chi connectivity index (χ3n) is 3.53. The van der Waals surface area contributed by atoms with E-state index in [1.54, 1.807) is 0 Å². The number of rotatable bonds is 5. The molecule has 1 aromatic rings. The van der Waals surface area contributed by atoms with Gasteiger partial charge < -0.3 is 0 Å². The first-order valence-corrected chi connectivity index (χ1v) is 6.51. The van der Waals surface area contributed by atoms with Crippen LogP contribution in [0.25, 0.3) is 0 Å². The van der Waals surface area contributed by atoms with Crippen LogP contribution in [0.5, 0.6) is 0 Å². The Morgan fingerprint density at radius 2 is 1.88 bits per heavy atom. The number of nitrogens with zero attached hydrogens (tertiary/aromatic N) is 1. The molecule has 0 atom stereocenters. The van der Waals surface area contributed by atoms with Crippen LogP contribution in [-0.4, -0.2) is 24.3 Å². The number of likely N-dealkylation sites (N-methyl/N-ethyl adjacent to an activating group) is 1. The fraction of sp³-hybridized carbons (Fsp3) is 0.533. The molecular formula is C15H21NO. The number of carbonyl (C=O) groups is 1.